The summed E-state index contributed by atoms with van der Waals surface area (Å²) >= 11 is 0. The van der Waals surface area contributed by atoms with Crippen LogP contribution in [0.3, 0.4) is 0 Å². The molecular formula is C20H25N3O4. The Morgan fingerprint density at radius 3 is 3.04 bits per heavy atom. The number of amides is 1. The molecule has 1 aromatic heterocycles. The zero-order valence-corrected chi connectivity index (χ0v) is 15.5. The predicted molar refractivity (Wildman–Crippen MR) is 102 cm³/mol. The second kappa shape index (κ2) is 9.32. The van der Waals surface area contributed by atoms with Gasteiger partial charge in [-0.05, 0) is 37.5 Å². The van der Waals surface area contributed by atoms with Gasteiger partial charge in [-0.1, -0.05) is 12.1 Å². The molecule has 1 fully saturated rings. The van der Waals surface area contributed by atoms with Gasteiger partial charge in [0.1, 0.15) is 5.75 Å². The molecule has 1 aliphatic rings. The molecule has 1 aromatic carbocycles. The molecule has 144 valence electrons. The van der Waals surface area contributed by atoms with Crippen LogP contribution in [0.4, 0.5) is 0 Å². The van der Waals surface area contributed by atoms with Gasteiger partial charge < -0.3 is 14.8 Å². The number of nitrogens with zero attached hydrogens (tertiary/aromatic N) is 2. The van der Waals surface area contributed by atoms with Crippen LogP contribution >= 0.6 is 0 Å². The molecule has 0 saturated carbocycles. The van der Waals surface area contributed by atoms with Crippen molar-refractivity contribution >= 4 is 5.91 Å². The molecule has 1 N–H and O–H groups in total. The molecule has 0 spiro atoms. The van der Waals surface area contributed by atoms with E-state index in [1.165, 1.54) is 10.7 Å². The summed E-state index contributed by atoms with van der Waals surface area (Å²) in [6.45, 7) is 1.73. The topological polar surface area (TPSA) is 82.5 Å². The largest absolute Gasteiger partial charge is 0.497 e. The minimum Gasteiger partial charge on any atom is -0.497 e. The van der Waals surface area contributed by atoms with Crippen molar-refractivity contribution in [1.29, 1.82) is 0 Å². The summed E-state index contributed by atoms with van der Waals surface area (Å²) in [5.41, 5.74) is 1.38. The number of hydrogen-bond acceptors (Lipinski definition) is 5. The summed E-state index contributed by atoms with van der Waals surface area (Å²) in [5, 5.41) is 7.31. The van der Waals surface area contributed by atoms with E-state index in [0.29, 0.717) is 31.6 Å². The monoisotopic (exact) mass is 371 g/mol. The number of ether oxygens (including phenoxy) is 2. The molecule has 3 rings (SSSR count). The predicted octanol–water partition coefficient (Wildman–Crippen LogP) is 1.99. The number of hydrogen-bond donors (Lipinski definition) is 1. The first kappa shape index (κ1) is 19.1. The summed E-state index contributed by atoms with van der Waals surface area (Å²) in [4.78, 5) is 24.0. The average Bonchev–Trinajstić information content (AvgIpc) is 3.21. The highest BCUT2D eigenvalue weighted by Gasteiger charge is 2.16. The molecule has 0 radical (unpaired) electrons. The minimum atomic E-state index is -0.179. The van der Waals surface area contributed by atoms with Gasteiger partial charge in [0.15, 0.2) is 0 Å². The van der Waals surface area contributed by atoms with Crippen LogP contribution in [-0.4, -0.2) is 42.1 Å². The van der Waals surface area contributed by atoms with Crippen molar-refractivity contribution in [2.45, 2.75) is 38.3 Å². The van der Waals surface area contributed by atoms with Crippen molar-refractivity contribution in [1.82, 2.24) is 15.1 Å². The smallest absolute Gasteiger partial charge is 0.266 e. The van der Waals surface area contributed by atoms with E-state index in [4.69, 9.17) is 9.47 Å². The molecule has 1 atom stereocenters. The van der Waals surface area contributed by atoms with Crippen molar-refractivity contribution in [2.24, 2.45) is 0 Å². The number of carbonyl (C=O) groups excluding carboxylic acids is 1. The molecule has 0 bridgehead atoms. The van der Waals surface area contributed by atoms with Gasteiger partial charge >= 0.3 is 0 Å². The van der Waals surface area contributed by atoms with Gasteiger partial charge in [-0.15, -0.1) is 0 Å². The number of carbonyl (C=O) groups is 1. The van der Waals surface area contributed by atoms with Crippen LogP contribution in [-0.2, 0) is 16.1 Å². The Balaban J connectivity index is 1.55. The Hall–Kier alpha value is -2.67. The number of rotatable bonds is 8. The van der Waals surface area contributed by atoms with Crippen LogP contribution in [0.5, 0.6) is 5.75 Å². The summed E-state index contributed by atoms with van der Waals surface area (Å²) in [6, 6.07) is 10.7. The minimum absolute atomic E-state index is 0.0255. The molecule has 7 heteroatoms. The maximum atomic E-state index is 12.1. The lowest BCUT2D eigenvalue weighted by atomic mass is 10.1. The first-order valence-corrected chi connectivity index (χ1v) is 9.26. The van der Waals surface area contributed by atoms with Gasteiger partial charge in [-0.2, -0.15) is 5.10 Å². The summed E-state index contributed by atoms with van der Waals surface area (Å²) in [6.07, 6.45) is 3.09. The van der Waals surface area contributed by atoms with E-state index < -0.39 is 0 Å². The molecule has 2 aromatic rings. The van der Waals surface area contributed by atoms with E-state index in [2.05, 4.69) is 10.4 Å². The third-order valence-electron chi connectivity index (χ3n) is 4.56. The third kappa shape index (κ3) is 5.40. The standard InChI is InChI=1S/C20H25N3O4/c1-26-16-6-2-5-15(13-16)18-9-10-20(25)23(22-18)11-3-8-19(24)21-14-17-7-4-12-27-17/h2,5-6,9-10,13,17H,3-4,7-8,11-12,14H2,1H3,(H,21,24). The van der Waals surface area contributed by atoms with Crippen LogP contribution in [0, 0.1) is 0 Å². The van der Waals surface area contributed by atoms with E-state index in [0.717, 1.165) is 30.8 Å². The van der Waals surface area contributed by atoms with E-state index >= 15 is 0 Å². The number of aryl methyl sites for hydroxylation is 1. The van der Waals surface area contributed by atoms with Crippen molar-refractivity contribution in [3.05, 3.63) is 46.8 Å². The Morgan fingerprint density at radius 1 is 1.37 bits per heavy atom. The molecule has 1 amide bonds. The first-order valence-electron chi connectivity index (χ1n) is 9.26. The Bertz CT molecular complexity index is 828. The second-order valence-electron chi connectivity index (χ2n) is 6.55. The van der Waals surface area contributed by atoms with E-state index in [1.807, 2.05) is 24.3 Å². The fraction of sp³-hybridized carbons (Fsp3) is 0.450. The van der Waals surface area contributed by atoms with Crippen LogP contribution in [0.15, 0.2) is 41.2 Å². The SMILES string of the molecule is COc1cccc(-c2ccc(=O)n(CCCC(=O)NCC3CCCO3)n2)c1. The van der Waals surface area contributed by atoms with Crippen LogP contribution in [0.2, 0.25) is 0 Å². The van der Waals surface area contributed by atoms with Crippen LogP contribution in [0.25, 0.3) is 11.3 Å². The highest BCUT2D eigenvalue weighted by Crippen LogP contribution is 2.21. The lowest BCUT2D eigenvalue weighted by molar-refractivity contribution is -0.121. The van der Waals surface area contributed by atoms with Gasteiger partial charge in [-0.3, -0.25) is 9.59 Å². The molecule has 1 saturated heterocycles. The average molecular weight is 371 g/mol. The maximum absolute atomic E-state index is 12.1. The lowest BCUT2D eigenvalue weighted by Gasteiger charge is -2.11. The Kier molecular flexibility index (Phi) is 6.59. The molecule has 27 heavy (non-hydrogen) atoms. The third-order valence-corrected chi connectivity index (χ3v) is 4.56. The highest BCUT2D eigenvalue weighted by molar-refractivity contribution is 5.75. The van der Waals surface area contributed by atoms with Gasteiger partial charge in [0, 0.05) is 37.7 Å². The van der Waals surface area contributed by atoms with Gasteiger partial charge in [0.05, 0.1) is 18.9 Å². The maximum Gasteiger partial charge on any atom is 0.266 e. The fourth-order valence-corrected chi connectivity index (χ4v) is 3.06. The van der Waals surface area contributed by atoms with Crippen LogP contribution < -0.4 is 15.6 Å². The van der Waals surface area contributed by atoms with E-state index in [-0.39, 0.29) is 17.6 Å². The molecule has 1 aliphatic heterocycles. The lowest BCUT2D eigenvalue weighted by Crippen LogP contribution is -2.32. The summed E-state index contributed by atoms with van der Waals surface area (Å²) < 4.78 is 12.1. The zero-order chi connectivity index (χ0) is 19.1. The highest BCUT2D eigenvalue weighted by atomic mass is 16.5. The first-order chi connectivity index (χ1) is 13.2. The van der Waals surface area contributed by atoms with Gasteiger partial charge in [0.2, 0.25) is 5.91 Å². The number of benzene rings is 1. The van der Waals surface area contributed by atoms with Crippen molar-refractivity contribution in [2.75, 3.05) is 20.3 Å². The fourth-order valence-electron chi connectivity index (χ4n) is 3.06. The molecule has 1 unspecified atom stereocenters. The van der Waals surface area contributed by atoms with Crippen molar-refractivity contribution in [3.8, 4) is 17.0 Å². The number of nitrogens with one attached hydrogen (secondary N) is 1. The molecule has 2 heterocycles. The molecule has 7 nitrogen and oxygen atoms in total. The second-order valence-corrected chi connectivity index (χ2v) is 6.55. The Labute approximate surface area is 158 Å². The quantitative estimate of drug-likeness (QED) is 0.767. The number of aromatic nitrogens is 2. The van der Waals surface area contributed by atoms with Gasteiger partial charge in [-0.25, -0.2) is 4.68 Å². The summed E-state index contributed by atoms with van der Waals surface area (Å²) in [5.74, 6) is 0.706. The normalized spacial score (nSPS) is 16.3. The van der Waals surface area contributed by atoms with E-state index in [1.54, 1.807) is 13.2 Å². The van der Waals surface area contributed by atoms with Crippen molar-refractivity contribution < 1.29 is 14.3 Å². The molecular weight excluding hydrogens is 346 g/mol. The van der Waals surface area contributed by atoms with E-state index in [9.17, 15) is 9.59 Å². The van der Waals surface area contributed by atoms with Gasteiger partial charge in [0.25, 0.3) is 5.56 Å². The zero-order valence-electron chi connectivity index (χ0n) is 15.5. The molecule has 0 aliphatic carbocycles. The Morgan fingerprint density at radius 2 is 2.26 bits per heavy atom. The summed E-state index contributed by atoms with van der Waals surface area (Å²) in [7, 11) is 1.61. The number of methoxy groups -OCH3 is 1. The van der Waals surface area contributed by atoms with Crippen molar-refractivity contribution in [3.63, 3.8) is 0 Å². The van der Waals surface area contributed by atoms with Crippen LogP contribution in [0.1, 0.15) is 25.7 Å².